The molecule has 2 atom stereocenters. The molecule has 0 nitrogen and oxygen atoms in total. The highest BCUT2D eigenvalue weighted by Crippen LogP contribution is 2.66. The fraction of sp³-hybridized carbons (Fsp3) is 0.308. The van der Waals surface area contributed by atoms with Crippen molar-refractivity contribution in [2.45, 2.75) is 90.9 Å². The SMILES string of the molecule is Cc1cc(C)c(B(c2ccc(C34CC5CC(C3)CC(c3cc(-c6ccccc6)cc(-c6ccccc6)c3)(C5)C4)cc2)c2c(C)cc(C)cc2C)c(C)c1. The van der Waals surface area contributed by atoms with E-state index in [0.29, 0.717) is 0 Å². The van der Waals surface area contributed by atoms with E-state index in [9.17, 15) is 0 Å². The molecule has 2 unspecified atom stereocenters. The summed E-state index contributed by atoms with van der Waals surface area (Å²) in [5, 5.41) is 0. The Balaban J connectivity index is 1.14. The molecule has 53 heavy (non-hydrogen) atoms. The average Bonchev–Trinajstić information content (AvgIpc) is 3.13. The van der Waals surface area contributed by atoms with Crippen LogP contribution < -0.4 is 16.4 Å². The minimum absolute atomic E-state index is 0.213. The second-order valence-electron chi connectivity index (χ2n) is 17.7. The van der Waals surface area contributed by atoms with Gasteiger partial charge in [-0.2, -0.15) is 0 Å². The van der Waals surface area contributed by atoms with Gasteiger partial charge in [0.15, 0.2) is 0 Å². The minimum atomic E-state index is 0.213. The monoisotopic (exact) mass is 688 g/mol. The maximum atomic E-state index is 2.58. The standard InChI is InChI=1S/C52H53B/c1-34-21-36(3)49(37(4)22-34)53(50-38(5)23-35(2)24-39(50)6)48-19-17-46(18-20-48)51-29-40-25-41(30-51)32-52(31-40,33-51)47-27-44(42-13-9-7-10-14-42)26-45(28-47)43-15-11-8-12-16-43/h7-24,26-28,40-41H,25,29-33H2,1-6H3. The van der Waals surface area contributed by atoms with Gasteiger partial charge in [-0.15, -0.1) is 0 Å². The molecule has 0 N–H and O–H groups in total. The minimum Gasteiger partial charge on any atom is -0.0686 e. The Kier molecular flexibility index (Phi) is 8.41. The van der Waals surface area contributed by atoms with Crippen molar-refractivity contribution in [3.63, 3.8) is 0 Å². The summed E-state index contributed by atoms with van der Waals surface area (Å²) in [5.41, 5.74) is 21.6. The lowest BCUT2D eigenvalue weighted by Crippen LogP contribution is -2.57. The molecule has 4 saturated carbocycles. The molecule has 0 radical (unpaired) electrons. The van der Waals surface area contributed by atoms with Crippen molar-refractivity contribution in [1.82, 2.24) is 0 Å². The van der Waals surface area contributed by atoms with Crippen LogP contribution in [0.25, 0.3) is 22.3 Å². The molecule has 0 aromatic heterocycles. The molecule has 0 amide bonds. The third-order valence-corrected chi connectivity index (χ3v) is 13.7. The van der Waals surface area contributed by atoms with Crippen molar-refractivity contribution in [3.8, 4) is 22.3 Å². The summed E-state index contributed by atoms with van der Waals surface area (Å²) in [6.45, 7) is 14.0. The zero-order valence-electron chi connectivity index (χ0n) is 32.6. The van der Waals surface area contributed by atoms with Gasteiger partial charge in [-0.05, 0) is 142 Å². The summed E-state index contributed by atoms with van der Waals surface area (Å²) in [5.74, 6) is 1.58. The van der Waals surface area contributed by atoms with Gasteiger partial charge in [0.2, 0.25) is 6.71 Å². The highest BCUT2D eigenvalue weighted by Gasteiger charge is 2.58. The average molecular weight is 689 g/mol. The second kappa shape index (κ2) is 13.1. The van der Waals surface area contributed by atoms with E-state index < -0.39 is 0 Å². The van der Waals surface area contributed by atoms with E-state index in [4.69, 9.17) is 0 Å². The van der Waals surface area contributed by atoms with Crippen LogP contribution in [-0.4, -0.2) is 6.71 Å². The number of aryl methyl sites for hydroxylation is 6. The molecule has 1 heteroatoms. The highest BCUT2D eigenvalue weighted by atomic mass is 14.6. The Hall–Kier alpha value is -4.62. The molecule has 10 rings (SSSR count). The first-order valence-electron chi connectivity index (χ1n) is 20.1. The first-order valence-corrected chi connectivity index (χ1v) is 20.1. The Bertz CT molecular complexity index is 2140. The van der Waals surface area contributed by atoms with Crippen molar-refractivity contribution in [2.75, 3.05) is 0 Å². The van der Waals surface area contributed by atoms with Crippen LogP contribution in [0.4, 0.5) is 0 Å². The van der Waals surface area contributed by atoms with Crippen molar-refractivity contribution in [1.29, 1.82) is 0 Å². The Morgan fingerprint density at radius 1 is 0.434 bits per heavy atom. The third kappa shape index (κ3) is 6.01. The van der Waals surface area contributed by atoms with Gasteiger partial charge in [-0.3, -0.25) is 0 Å². The summed E-state index contributed by atoms with van der Waals surface area (Å²) in [6, 6.07) is 49.4. The molecule has 0 saturated heterocycles. The molecule has 0 heterocycles. The van der Waals surface area contributed by atoms with E-state index in [1.807, 2.05) is 0 Å². The van der Waals surface area contributed by atoms with Gasteiger partial charge in [0, 0.05) is 0 Å². The largest absolute Gasteiger partial charge is 0.242 e. The number of hydrogen-bond donors (Lipinski definition) is 0. The van der Waals surface area contributed by atoms with Crippen LogP contribution in [0.3, 0.4) is 0 Å². The van der Waals surface area contributed by atoms with Gasteiger partial charge < -0.3 is 0 Å². The highest BCUT2D eigenvalue weighted by molar-refractivity contribution is 6.96. The Labute approximate surface area is 318 Å². The van der Waals surface area contributed by atoms with Crippen LogP contribution in [0.15, 0.2) is 127 Å². The first kappa shape index (κ1) is 34.2. The molecule has 0 aliphatic heterocycles. The van der Waals surface area contributed by atoms with E-state index in [1.165, 1.54) is 111 Å². The van der Waals surface area contributed by atoms with Crippen molar-refractivity contribution in [3.05, 3.63) is 172 Å². The Morgan fingerprint density at radius 3 is 1.28 bits per heavy atom. The second-order valence-corrected chi connectivity index (χ2v) is 17.7. The topological polar surface area (TPSA) is 0 Å². The summed E-state index contributed by atoms with van der Waals surface area (Å²) >= 11 is 0. The smallest absolute Gasteiger partial charge is 0.0686 e. The lowest BCUT2D eigenvalue weighted by atomic mass is 9.34. The number of rotatable bonds is 7. The zero-order valence-corrected chi connectivity index (χ0v) is 32.6. The molecule has 4 aliphatic rings. The van der Waals surface area contributed by atoms with E-state index in [2.05, 4.69) is 169 Å². The molecule has 264 valence electrons. The van der Waals surface area contributed by atoms with Gasteiger partial charge in [0.05, 0.1) is 0 Å². The third-order valence-electron chi connectivity index (χ3n) is 13.7. The van der Waals surface area contributed by atoms with Gasteiger partial charge in [0.25, 0.3) is 0 Å². The molecule has 6 aromatic rings. The van der Waals surface area contributed by atoms with Crippen molar-refractivity contribution < 1.29 is 0 Å². The molecular weight excluding hydrogens is 635 g/mol. The molecule has 4 aliphatic carbocycles. The van der Waals surface area contributed by atoms with E-state index in [0.717, 1.165) is 11.8 Å². The van der Waals surface area contributed by atoms with Gasteiger partial charge in [-0.1, -0.05) is 171 Å². The predicted octanol–water partition coefficient (Wildman–Crippen LogP) is 11.2. The molecular formula is C52H53B. The fourth-order valence-corrected chi connectivity index (χ4v) is 12.3. The summed E-state index contributed by atoms with van der Waals surface area (Å²) in [7, 11) is 0. The van der Waals surface area contributed by atoms with Crippen LogP contribution in [0.2, 0.25) is 0 Å². The van der Waals surface area contributed by atoms with Crippen molar-refractivity contribution in [2.24, 2.45) is 11.8 Å². The number of hydrogen-bond acceptors (Lipinski definition) is 0. The van der Waals surface area contributed by atoms with E-state index in [1.54, 1.807) is 11.1 Å². The molecule has 4 bridgehead atoms. The first-order chi connectivity index (χ1) is 25.6. The van der Waals surface area contributed by atoms with Crippen LogP contribution >= 0.6 is 0 Å². The number of benzene rings is 6. The quantitative estimate of drug-likeness (QED) is 0.147. The molecule has 6 aromatic carbocycles. The maximum Gasteiger partial charge on any atom is 0.242 e. The van der Waals surface area contributed by atoms with Crippen LogP contribution in [0, 0.1) is 53.4 Å². The fourth-order valence-electron chi connectivity index (χ4n) is 12.3. The zero-order chi connectivity index (χ0) is 36.5. The summed E-state index contributed by atoms with van der Waals surface area (Å²) in [4.78, 5) is 0. The van der Waals surface area contributed by atoms with Gasteiger partial charge >= 0.3 is 0 Å². The normalized spacial score (nSPS) is 23.0. The summed E-state index contributed by atoms with van der Waals surface area (Å²) < 4.78 is 0. The lowest BCUT2D eigenvalue weighted by Gasteiger charge is -2.63. The van der Waals surface area contributed by atoms with Crippen molar-refractivity contribution >= 4 is 23.1 Å². The maximum absolute atomic E-state index is 2.58. The Morgan fingerprint density at radius 2 is 0.849 bits per heavy atom. The molecule has 4 fully saturated rings. The van der Waals surface area contributed by atoms with Gasteiger partial charge in [0.1, 0.15) is 0 Å². The van der Waals surface area contributed by atoms with E-state index in [-0.39, 0.29) is 17.5 Å². The lowest BCUT2D eigenvalue weighted by molar-refractivity contribution is -0.0281. The van der Waals surface area contributed by atoms with Crippen LogP contribution in [-0.2, 0) is 10.8 Å². The predicted molar refractivity (Wildman–Crippen MR) is 228 cm³/mol. The molecule has 0 spiro atoms. The van der Waals surface area contributed by atoms with Crippen LogP contribution in [0.1, 0.15) is 83.0 Å². The van der Waals surface area contributed by atoms with Gasteiger partial charge in [-0.25, -0.2) is 0 Å². The summed E-state index contributed by atoms with van der Waals surface area (Å²) in [6.07, 6.45) is 8.00. The van der Waals surface area contributed by atoms with E-state index >= 15 is 0 Å². The van der Waals surface area contributed by atoms with Crippen LogP contribution in [0.5, 0.6) is 0 Å².